The summed E-state index contributed by atoms with van der Waals surface area (Å²) in [4.78, 5) is 47.1. The lowest BCUT2D eigenvalue weighted by Gasteiger charge is -2.00. The summed E-state index contributed by atoms with van der Waals surface area (Å²) in [6.07, 6.45) is 7.23. The van der Waals surface area contributed by atoms with Crippen molar-refractivity contribution in [1.29, 1.82) is 0 Å². The molecule has 0 saturated carbocycles. The second-order valence-electron chi connectivity index (χ2n) is 5.80. The fraction of sp³-hybridized carbons (Fsp3) is 0.238. The highest BCUT2D eigenvalue weighted by molar-refractivity contribution is 6.08. The van der Waals surface area contributed by atoms with E-state index in [1.807, 2.05) is 0 Å². The van der Waals surface area contributed by atoms with E-state index in [0.717, 1.165) is 12.2 Å². The molecule has 0 aromatic carbocycles. The molecule has 0 N–H and O–H groups in total. The summed E-state index contributed by atoms with van der Waals surface area (Å²) in [6, 6.07) is 0. The van der Waals surface area contributed by atoms with Gasteiger partial charge in [-0.3, -0.25) is 9.59 Å². The Kier molecular flexibility index (Phi) is 7.95. The first-order valence-corrected chi connectivity index (χ1v) is 8.78. The van der Waals surface area contributed by atoms with E-state index in [0.29, 0.717) is 0 Å². The number of carbonyl (C=O) groups is 4. The van der Waals surface area contributed by atoms with Crippen LogP contribution in [0.2, 0.25) is 0 Å². The third kappa shape index (κ3) is 5.50. The van der Waals surface area contributed by atoms with Gasteiger partial charge in [-0.15, -0.1) is 0 Å². The predicted molar refractivity (Wildman–Crippen MR) is 103 cm³/mol. The van der Waals surface area contributed by atoms with Gasteiger partial charge in [-0.2, -0.15) is 0 Å². The molecule has 0 bridgehead atoms. The van der Waals surface area contributed by atoms with Gasteiger partial charge in [-0.05, 0) is 24.3 Å². The number of methoxy groups -OCH3 is 4. The topological polar surface area (TPSA) is 124 Å². The summed E-state index contributed by atoms with van der Waals surface area (Å²) in [5, 5.41) is 0. The van der Waals surface area contributed by atoms with E-state index in [2.05, 4.69) is 0 Å². The zero-order valence-corrected chi connectivity index (χ0v) is 17.3. The van der Waals surface area contributed by atoms with Crippen LogP contribution < -0.4 is 0 Å². The highest BCUT2D eigenvalue weighted by Gasteiger charge is 2.33. The molecule has 2 heterocycles. The number of ketones is 2. The number of carbonyl (C=O) groups excluding carboxylic acids is 4. The van der Waals surface area contributed by atoms with Crippen molar-refractivity contribution < 1.29 is 47.6 Å². The van der Waals surface area contributed by atoms with Crippen molar-refractivity contribution in [2.24, 2.45) is 0 Å². The van der Waals surface area contributed by atoms with Crippen LogP contribution in [0.5, 0.6) is 0 Å². The average molecular weight is 432 g/mol. The van der Waals surface area contributed by atoms with Gasteiger partial charge in [-0.1, -0.05) is 12.2 Å². The lowest BCUT2D eigenvalue weighted by atomic mass is 10.1. The number of cyclic esters (lactones) is 2. The lowest BCUT2D eigenvalue weighted by molar-refractivity contribution is -0.137. The molecule has 31 heavy (non-hydrogen) atoms. The second-order valence-corrected chi connectivity index (χ2v) is 5.80. The van der Waals surface area contributed by atoms with E-state index in [1.165, 1.54) is 52.7 Å². The van der Waals surface area contributed by atoms with Crippen LogP contribution in [0.25, 0.3) is 0 Å². The van der Waals surface area contributed by atoms with Gasteiger partial charge in [0.25, 0.3) is 11.5 Å². The summed E-state index contributed by atoms with van der Waals surface area (Å²) < 4.78 is 29.8. The first kappa shape index (κ1) is 23.2. The Hall–Kier alpha value is -4.08. The summed E-state index contributed by atoms with van der Waals surface area (Å²) in [5.41, 5.74) is 0. The number of hydrogen-bond acceptors (Lipinski definition) is 10. The molecule has 0 atom stereocenters. The zero-order valence-electron chi connectivity index (χ0n) is 17.3. The highest BCUT2D eigenvalue weighted by atomic mass is 16.6. The predicted octanol–water partition coefficient (Wildman–Crippen LogP) is 1.52. The van der Waals surface area contributed by atoms with Crippen LogP contribution in [-0.2, 0) is 47.6 Å². The van der Waals surface area contributed by atoms with Gasteiger partial charge in [0.1, 0.15) is 0 Å². The standard InChI is InChI=1S/C21H20O10/c1-26-16-14(30-20(24)18(16)28-3)9-5-7-12(22)11-13(23)8-6-10-15-17(27-2)19(29-4)21(25)31-15/h5-10H,11H2,1-4H3/b7-5+,8-6+,14-9-,15-10+. The molecule has 2 aliphatic heterocycles. The number of rotatable bonds is 10. The normalized spacial score (nSPS) is 19.0. The van der Waals surface area contributed by atoms with Crippen LogP contribution in [-0.4, -0.2) is 51.9 Å². The minimum absolute atomic E-state index is 0.0785. The molecule has 0 aliphatic carbocycles. The van der Waals surface area contributed by atoms with Gasteiger partial charge in [0, 0.05) is 0 Å². The monoisotopic (exact) mass is 432 g/mol. The Morgan fingerprint density at radius 3 is 1.35 bits per heavy atom. The molecule has 10 nitrogen and oxygen atoms in total. The first-order chi connectivity index (χ1) is 14.9. The third-order valence-electron chi connectivity index (χ3n) is 3.86. The molecule has 2 aliphatic rings. The van der Waals surface area contributed by atoms with Crippen molar-refractivity contribution in [3.63, 3.8) is 0 Å². The van der Waals surface area contributed by atoms with Crippen molar-refractivity contribution in [2.45, 2.75) is 6.42 Å². The Bertz CT molecular complexity index is 894. The zero-order chi connectivity index (χ0) is 23.0. The summed E-state index contributed by atoms with van der Waals surface area (Å²) in [7, 11) is 5.28. The maximum Gasteiger partial charge on any atom is 0.383 e. The van der Waals surface area contributed by atoms with Crippen LogP contribution in [0.15, 0.2) is 71.0 Å². The fourth-order valence-electron chi connectivity index (χ4n) is 2.53. The minimum atomic E-state index is -0.711. The van der Waals surface area contributed by atoms with Crippen molar-refractivity contribution in [2.75, 3.05) is 28.4 Å². The molecule has 0 spiro atoms. The molecule has 0 aromatic heterocycles. The average Bonchev–Trinajstić information content (AvgIpc) is 3.21. The molecular formula is C21H20O10. The summed E-state index contributed by atoms with van der Waals surface area (Å²) in [6.45, 7) is 0. The molecular weight excluding hydrogens is 412 g/mol. The van der Waals surface area contributed by atoms with E-state index in [1.54, 1.807) is 0 Å². The molecule has 2 rings (SSSR count). The number of ether oxygens (including phenoxy) is 6. The molecule has 0 fully saturated rings. The maximum atomic E-state index is 11.9. The van der Waals surface area contributed by atoms with Crippen molar-refractivity contribution in [3.05, 3.63) is 71.0 Å². The van der Waals surface area contributed by atoms with Crippen molar-refractivity contribution >= 4 is 23.5 Å². The Balaban J connectivity index is 1.96. The van der Waals surface area contributed by atoms with Gasteiger partial charge in [0.2, 0.25) is 11.5 Å². The van der Waals surface area contributed by atoms with Gasteiger partial charge >= 0.3 is 11.9 Å². The second kappa shape index (κ2) is 10.6. The smallest absolute Gasteiger partial charge is 0.383 e. The quantitative estimate of drug-likeness (QED) is 0.285. The van der Waals surface area contributed by atoms with Crippen LogP contribution >= 0.6 is 0 Å². The summed E-state index contributed by atoms with van der Waals surface area (Å²) >= 11 is 0. The lowest BCUT2D eigenvalue weighted by Crippen LogP contribution is -2.02. The number of allylic oxidation sites excluding steroid dienone is 6. The largest absolute Gasteiger partial charge is 0.490 e. The third-order valence-corrected chi connectivity index (χ3v) is 3.86. The molecule has 0 unspecified atom stereocenters. The Morgan fingerprint density at radius 2 is 1.03 bits per heavy atom. The number of esters is 2. The fourth-order valence-corrected chi connectivity index (χ4v) is 2.53. The Morgan fingerprint density at radius 1 is 0.677 bits per heavy atom. The molecule has 0 saturated heterocycles. The van der Waals surface area contributed by atoms with Crippen LogP contribution in [0.1, 0.15) is 6.42 Å². The molecule has 0 aromatic rings. The SMILES string of the molecule is COC1=C(OC)/C(=C/C=C/C(=O)CC(=O)/C=C/C=C2/OC(=O)C(OC)=C2OC)OC1=O. The van der Waals surface area contributed by atoms with E-state index in [-0.39, 0.29) is 34.6 Å². The summed E-state index contributed by atoms with van der Waals surface area (Å²) in [5.74, 6) is -2.19. The van der Waals surface area contributed by atoms with Gasteiger partial charge in [0.05, 0.1) is 34.9 Å². The minimum Gasteiger partial charge on any atom is -0.490 e. The Labute approximate surface area is 177 Å². The van der Waals surface area contributed by atoms with Crippen LogP contribution in [0.4, 0.5) is 0 Å². The van der Waals surface area contributed by atoms with Crippen LogP contribution in [0.3, 0.4) is 0 Å². The molecule has 0 amide bonds. The van der Waals surface area contributed by atoms with Crippen LogP contribution in [0, 0.1) is 0 Å². The molecule has 164 valence electrons. The first-order valence-electron chi connectivity index (χ1n) is 8.78. The molecule has 0 radical (unpaired) electrons. The van der Waals surface area contributed by atoms with Crippen molar-refractivity contribution in [1.82, 2.24) is 0 Å². The molecule has 10 heteroatoms. The number of hydrogen-bond donors (Lipinski definition) is 0. The maximum absolute atomic E-state index is 11.9. The van der Waals surface area contributed by atoms with Gasteiger partial charge in [0.15, 0.2) is 23.1 Å². The van der Waals surface area contributed by atoms with E-state index in [9.17, 15) is 19.2 Å². The van der Waals surface area contributed by atoms with Crippen molar-refractivity contribution in [3.8, 4) is 0 Å². The van der Waals surface area contributed by atoms with Gasteiger partial charge in [-0.25, -0.2) is 9.59 Å². The van der Waals surface area contributed by atoms with E-state index >= 15 is 0 Å². The highest BCUT2D eigenvalue weighted by Crippen LogP contribution is 2.27. The van der Waals surface area contributed by atoms with Gasteiger partial charge < -0.3 is 28.4 Å². The van der Waals surface area contributed by atoms with E-state index in [4.69, 9.17) is 28.4 Å². The van der Waals surface area contributed by atoms with E-state index < -0.39 is 29.9 Å².